The Hall–Kier alpha value is -0.620. The molecule has 2 N–H and O–H groups in total. The van der Waals surface area contributed by atoms with Crippen molar-refractivity contribution in [3.63, 3.8) is 0 Å². The predicted octanol–water partition coefficient (Wildman–Crippen LogP) is 2.53. The molecule has 1 aromatic rings. The third-order valence-corrected chi connectivity index (χ3v) is 5.56. The summed E-state index contributed by atoms with van der Waals surface area (Å²) in [5.41, 5.74) is 0.915. The molecule has 1 aromatic carbocycles. The first-order valence-electron chi connectivity index (χ1n) is 6.94. The maximum Gasteiger partial charge on any atom is 0.242 e. The summed E-state index contributed by atoms with van der Waals surface area (Å²) in [5.74, 6) is 0.596. The molecule has 0 saturated heterocycles. The fourth-order valence-electron chi connectivity index (χ4n) is 2.41. The first kappa shape index (κ1) is 15.8. The Kier molecular flexibility index (Phi) is 5.07. The molecule has 0 spiro atoms. The molecule has 0 heterocycles. The molecule has 20 heavy (non-hydrogen) atoms. The van der Waals surface area contributed by atoms with Gasteiger partial charge in [-0.1, -0.05) is 31.5 Å². The van der Waals surface area contributed by atoms with Crippen LogP contribution >= 0.6 is 11.6 Å². The van der Waals surface area contributed by atoms with Crippen LogP contribution in [0.1, 0.15) is 32.3 Å². The van der Waals surface area contributed by atoms with Crippen LogP contribution < -0.4 is 10.0 Å². The van der Waals surface area contributed by atoms with E-state index in [2.05, 4.69) is 17.0 Å². The number of benzene rings is 1. The van der Waals surface area contributed by atoms with Crippen molar-refractivity contribution in [2.24, 2.45) is 5.92 Å². The number of halogens is 1. The third kappa shape index (κ3) is 3.73. The Bertz CT molecular complexity index is 569. The van der Waals surface area contributed by atoms with Crippen LogP contribution in [0.3, 0.4) is 0 Å². The van der Waals surface area contributed by atoms with E-state index >= 15 is 0 Å². The smallest absolute Gasteiger partial charge is 0.242 e. The topological polar surface area (TPSA) is 58.2 Å². The standard InChI is InChI=1S/C14H21ClN2O2S/c1-3-16-9-11-4-5-13(15)14(8-11)20(18,19)17-12-6-10(2)7-12/h4-5,8,10,12,16-17H,3,6-7,9H2,1-2H3. The second kappa shape index (κ2) is 6.43. The fourth-order valence-corrected chi connectivity index (χ4v) is 4.23. The van der Waals surface area contributed by atoms with Crippen LogP contribution in [0.4, 0.5) is 0 Å². The Morgan fingerprint density at radius 2 is 2.05 bits per heavy atom. The molecule has 1 saturated carbocycles. The average Bonchev–Trinajstić information content (AvgIpc) is 2.35. The zero-order valence-corrected chi connectivity index (χ0v) is 13.4. The lowest BCUT2D eigenvalue weighted by Crippen LogP contribution is -2.43. The Morgan fingerprint density at radius 3 is 2.65 bits per heavy atom. The summed E-state index contributed by atoms with van der Waals surface area (Å²) in [4.78, 5) is 0.175. The Balaban J connectivity index is 2.16. The minimum atomic E-state index is -3.53. The quantitative estimate of drug-likeness (QED) is 0.848. The van der Waals surface area contributed by atoms with E-state index in [-0.39, 0.29) is 16.0 Å². The van der Waals surface area contributed by atoms with Crippen LogP contribution in [0.5, 0.6) is 0 Å². The van der Waals surface area contributed by atoms with Crippen LogP contribution in [0.25, 0.3) is 0 Å². The van der Waals surface area contributed by atoms with Gasteiger partial charge in [-0.05, 0) is 43.0 Å². The lowest BCUT2D eigenvalue weighted by Gasteiger charge is -2.33. The molecular formula is C14H21ClN2O2S. The Labute approximate surface area is 126 Å². The minimum absolute atomic E-state index is 0.0449. The van der Waals surface area contributed by atoms with E-state index in [1.54, 1.807) is 12.1 Å². The zero-order valence-electron chi connectivity index (χ0n) is 11.8. The second-order valence-electron chi connectivity index (χ2n) is 5.44. The van der Waals surface area contributed by atoms with Crippen molar-refractivity contribution in [2.45, 2.75) is 44.2 Å². The van der Waals surface area contributed by atoms with Gasteiger partial charge in [-0.15, -0.1) is 0 Å². The molecule has 4 nitrogen and oxygen atoms in total. The summed E-state index contributed by atoms with van der Waals surface area (Å²) in [5, 5.41) is 3.44. The third-order valence-electron chi connectivity index (χ3n) is 3.56. The summed E-state index contributed by atoms with van der Waals surface area (Å²) in [6.07, 6.45) is 1.79. The molecule has 0 atom stereocenters. The van der Waals surface area contributed by atoms with Crippen LogP contribution in [-0.2, 0) is 16.6 Å². The average molecular weight is 317 g/mol. The molecule has 112 valence electrons. The number of sulfonamides is 1. The van der Waals surface area contributed by atoms with Crippen LogP contribution in [0, 0.1) is 5.92 Å². The molecule has 0 radical (unpaired) electrons. The molecule has 1 aliphatic carbocycles. The predicted molar refractivity (Wildman–Crippen MR) is 81.3 cm³/mol. The molecule has 0 aromatic heterocycles. The first-order valence-corrected chi connectivity index (χ1v) is 8.80. The van der Waals surface area contributed by atoms with Gasteiger partial charge in [-0.3, -0.25) is 0 Å². The lowest BCUT2D eigenvalue weighted by atomic mass is 9.83. The fraction of sp³-hybridized carbons (Fsp3) is 0.571. The highest BCUT2D eigenvalue weighted by molar-refractivity contribution is 7.89. The lowest BCUT2D eigenvalue weighted by molar-refractivity contribution is 0.270. The van der Waals surface area contributed by atoms with Crippen molar-refractivity contribution in [3.05, 3.63) is 28.8 Å². The molecule has 2 rings (SSSR count). The molecule has 0 amide bonds. The van der Waals surface area contributed by atoms with E-state index in [4.69, 9.17) is 11.6 Å². The normalized spacial score (nSPS) is 22.6. The summed E-state index contributed by atoms with van der Waals surface area (Å²) >= 11 is 6.05. The van der Waals surface area contributed by atoms with Crippen LogP contribution in [0.15, 0.2) is 23.1 Å². The van der Waals surface area contributed by atoms with E-state index in [0.717, 1.165) is 24.9 Å². The first-order chi connectivity index (χ1) is 9.42. The minimum Gasteiger partial charge on any atom is -0.313 e. The van der Waals surface area contributed by atoms with Gasteiger partial charge in [0, 0.05) is 12.6 Å². The SMILES string of the molecule is CCNCc1ccc(Cl)c(S(=O)(=O)NC2CC(C)C2)c1. The van der Waals surface area contributed by atoms with Gasteiger partial charge in [0.25, 0.3) is 0 Å². The van der Waals surface area contributed by atoms with Crippen molar-refractivity contribution in [3.8, 4) is 0 Å². The summed E-state index contributed by atoms with van der Waals surface area (Å²) in [7, 11) is -3.53. The Morgan fingerprint density at radius 1 is 1.35 bits per heavy atom. The highest BCUT2D eigenvalue weighted by atomic mass is 35.5. The number of hydrogen-bond acceptors (Lipinski definition) is 3. The monoisotopic (exact) mass is 316 g/mol. The van der Waals surface area contributed by atoms with E-state index in [1.807, 2.05) is 13.0 Å². The van der Waals surface area contributed by atoms with E-state index in [0.29, 0.717) is 12.5 Å². The van der Waals surface area contributed by atoms with E-state index in [1.165, 1.54) is 0 Å². The van der Waals surface area contributed by atoms with E-state index in [9.17, 15) is 8.42 Å². The van der Waals surface area contributed by atoms with E-state index < -0.39 is 10.0 Å². The second-order valence-corrected chi connectivity index (χ2v) is 7.53. The van der Waals surface area contributed by atoms with Crippen molar-refractivity contribution in [1.82, 2.24) is 10.0 Å². The maximum absolute atomic E-state index is 12.4. The van der Waals surface area contributed by atoms with Gasteiger partial charge in [0.2, 0.25) is 10.0 Å². The maximum atomic E-state index is 12.4. The molecule has 0 unspecified atom stereocenters. The van der Waals surface area contributed by atoms with Crippen molar-refractivity contribution < 1.29 is 8.42 Å². The van der Waals surface area contributed by atoms with Crippen LogP contribution in [0.2, 0.25) is 5.02 Å². The van der Waals surface area contributed by atoms with Gasteiger partial charge in [0.1, 0.15) is 4.90 Å². The van der Waals surface area contributed by atoms with Gasteiger partial charge < -0.3 is 5.32 Å². The molecular weight excluding hydrogens is 296 g/mol. The van der Waals surface area contributed by atoms with Gasteiger partial charge in [-0.25, -0.2) is 13.1 Å². The largest absolute Gasteiger partial charge is 0.313 e. The van der Waals surface area contributed by atoms with Gasteiger partial charge in [0.05, 0.1) is 5.02 Å². The van der Waals surface area contributed by atoms with Gasteiger partial charge >= 0.3 is 0 Å². The number of hydrogen-bond donors (Lipinski definition) is 2. The van der Waals surface area contributed by atoms with Crippen LogP contribution in [-0.4, -0.2) is 21.0 Å². The molecule has 0 aliphatic heterocycles. The molecule has 6 heteroatoms. The molecule has 1 fully saturated rings. The highest BCUT2D eigenvalue weighted by Crippen LogP contribution is 2.29. The molecule has 1 aliphatic rings. The molecule has 0 bridgehead atoms. The van der Waals surface area contributed by atoms with Crippen molar-refractivity contribution in [2.75, 3.05) is 6.54 Å². The summed E-state index contributed by atoms with van der Waals surface area (Å²) in [6.45, 7) is 5.60. The summed E-state index contributed by atoms with van der Waals surface area (Å²) < 4.78 is 27.5. The zero-order chi connectivity index (χ0) is 14.8. The summed E-state index contributed by atoms with van der Waals surface area (Å²) in [6, 6.07) is 5.18. The highest BCUT2D eigenvalue weighted by Gasteiger charge is 2.30. The van der Waals surface area contributed by atoms with Gasteiger partial charge in [0.15, 0.2) is 0 Å². The number of rotatable bonds is 6. The van der Waals surface area contributed by atoms with Crippen molar-refractivity contribution in [1.29, 1.82) is 0 Å². The van der Waals surface area contributed by atoms with Gasteiger partial charge in [-0.2, -0.15) is 0 Å². The number of nitrogens with one attached hydrogen (secondary N) is 2. The van der Waals surface area contributed by atoms with Crippen molar-refractivity contribution >= 4 is 21.6 Å².